The summed E-state index contributed by atoms with van der Waals surface area (Å²) >= 11 is 6.01. The molecule has 2 aliphatic heterocycles. The molecule has 0 aromatic heterocycles. The van der Waals surface area contributed by atoms with Crippen LogP contribution in [0.4, 0.5) is 0 Å². The highest BCUT2D eigenvalue weighted by atomic mass is 35.5. The zero-order chi connectivity index (χ0) is 16.1. The predicted molar refractivity (Wildman–Crippen MR) is 91.1 cm³/mol. The number of fused-ring (bicyclic) bond motifs is 1. The first kappa shape index (κ1) is 16.6. The highest BCUT2D eigenvalue weighted by Crippen LogP contribution is 2.29. The maximum absolute atomic E-state index is 12.3. The van der Waals surface area contributed by atoms with Gasteiger partial charge in [0.25, 0.3) is 0 Å². The summed E-state index contributed by atoms with van der Waals surface area (Å²) in [7, 11) is 0. The standard InChI is InChI=1S/C17H24ClN3O2/c18-15-2-3-16-13(11-15)10-14(12-23-16)17(22)20-4-1-7-21-8-5-19-6-9-21/h2-3,11,14,19H,1,4-10,12H2,(H,20,22). The Labute approximate surface area is 142 Å². The van der Waals surface area contributed by atoms with Crippen LogP contribution in [0.2, 0.25) is 5.02 Å². The molecule has 5 nitrogen and oxygen atoms in total. The Hall–Kier alpha value is -1.30. The van der Waals surface area contributed by atoms with Crippen molar-refractivity contribution in [3.63, 3.8) is 0 Å². The van der Waals surface area contributed by atoms with Crippen LogP contribution in [-0.4, -0.2) is 56.7 Å². The van der Waals surface area contributed by atoms with Gasteiger partial charge in [-0.3, -0.25) is 4.79 Å². The number of ether oxygens (including phenoxy) is 1. The number of benzene rings is 1. The minimum absolute atomic E-state index is 0.0796. The quantitative estimate of drug-likeness (QED) is 0.795. The van der Waals surface area contributed by atoms with E-state index in [2.05, 4.69) is 15.5 Å². The second-order valence-corrected chi connectivity index (χ2v) is 6.64. The van der Waals surface area contributed by atoms with E-state index >= 15 is 0 Å². The lowest BCUT2D eigenvalue weighted by atomic mass is 9.96. The first-order chi connectivity index (χ1) is 11.2. The molecule has 1 aromatic rings. The summed E-state index contributed by atoms with van der Waals surface area (Å²) in [6.45, 7) is 6.53. The molecule has 2 heterocycles. The van der Waals surface area contributed by atoms with Gasteiger partial charge in [0.2, 0.25) is 5.91 Å². The Morgan fingerprint density at radius 3 is 3.04 bits per heavy atom. The average Bonchev–Trinajstić information content (AvgIpc) is 2.58. The van der Waals surface area contributed by atoms with Gasteiger partial charge in [0.05, 0.1) is 5.92 Å². The van der Waals surface area contributed by atoms with Crippen LogP contribution in [0.15, 0.2) is 18.2 Å². The monoisotopic (exact) mass is 337 g/mol. The minimum Gasteiger partial charge on any atom is -0.492 e. The summed E-state index contributed by atoms with van der Waals surface area (Å²) in [5.74, 6) is 0.799. The van der Waals surface area contributed by atoms with Crippen molar-refractivity contribution in [2.75, 3.05) is 45.9 Å². The van der Waals surface area contributed by atoms with Gasteiger partial charge in [0, 0.05) is 37.7 Å². The lowest BCUT2D eigenvalue weighted by molar-refractivity contribution is -0.126. The lowest BCUT2D eigenvalue weighted by Gasteiger charge is -2.27. The molecule has 126 valence electrons. The van der Waals surface area contributed by atoms with E-state index in [-0.39, 0.29) is 11.8 Å². The highest BCUT2D eigenvalue weighted by Gasteiger charge is 2.25. The third-order valence-corrected chi connectivity index (χ3v) is 4.69. The Morgan fingerprint density at radius 2 is 2.22 bits per heavy atom. The van der Waals surface area contributed by atoms with Crippen molar-refractivity contribution in [2.24, 2.45) is 5.92 Å². The van der Waals surface area contributed by atoms with Crippen LogP contribution in [-0.2, 0) is 11.2 Å². The van der Waals surface area contributed by atoms with E-state index in [9.17, 15) is 4.79 Å². The van der Waals surface area contributed by atoms with Gasteiger partial charge in [-0.1, -0.05) is 11.6 Å². The van der Waals surface area contributed by atoms with Crippen LogP contribution < -0.4 is 15.4 Å². The van der Waals surface area contributed by atoms with Gasteiger partial charge < -0.3 is 20.3 Å². The molecule has 1 saturated heterocycles. The van der Waals surface area contributed by atoms with E-state index < -0.39 is 0 Å². The molecular weight excluding hydrogens is 314 g/mol. The normalized spacial score (nSPS) is 21.3. The van der Waals surface area contributed by atoms with E-state index in [0.717, 1.165) is 57.0 Å². The SMILES string of the molecule is O=C(NCCCN1CCNCC1)C1COc2ccc(Cl)cc2C1. The molecule has 3 rings (SSSR count). The van der Waals surface area contributed by atoms with Gasteiger partial charge >= 0.3 is 0 Å². The van der Waals surface area contributed by atoms with E-state index in [0.29, 0.717) is 18.1 Å². The van der Waals surface area contributed by atoms with Crippen LogP contribution in [0.5, 0.6) is 5.75 Å². The Bertz CT molecular complexity index is 547. The molecule has 2 N–H and O–H groups in total. The molecule has 1 amide bonds. The molecule has 0 bridgehead atoms. The predicted octanol–water partition coefficient (Wildman–Crippen LogP) is 1.30. The van der Waals surface area contributed by atoms with Crippen molar-refractivity contribution in [1.82, 2.24) is 15.5 Å². The number of carbonyl (C=O) groups is 1. The van der Waals surface area contributed by atoms with Crippen molar-refractivity contribution >= 4 is 17.5 Å². The molecule has 1 fully saturated rings. The van der Waals surface area contributed by atoms with Gasteiger partial charge in [-0.25, -0.2) is 0 Å². The zero-order valence-electron chi connectivity index (χ0n) is 13.3. The fourth-order valence-corrected chi connectivity index (χ4v) is 3.32. The number of carbonyl (C=O) groups excluding carboxylic acids is 1. The van der Waals surface area contributed by atoms with Crippen LogP contribution in [0.1, 0.15) is 12.0 Å². The molecule has 1 unspecified atom stereocenters. The topological polar surface area (TPSA) is 53.6 Å². The molecule has 0 aliphatic carbocycles. The summed E-state index contributed by atoms with van der Waals surface area (Å²) in [5.41, 5.74) is 1.02. The van der Waals surface area contributed by atoms with Gasteiger partial charge in [-0.05, 0) is 43.1 Å². The van der Waals surface area contributed by atoms with Crippen molar-refractivity contribution in [1.29, 1.82) is 0 Å². The largest absolute Gasteiger partial charge is 0.492 e. The number of piperazine rings is 1. The second kappa shape index (κ2) is 7.99. The van der Waals surface area contributed by atoms with Gasteiger partial charge in [0.1, 0.15) is 12.4 Å². The summed E-state index contributed by atoms with van der Waals surface area (Å²) in [4.78, 5) is 14.7. The number of hydrogen-bond acceptors (Lipinski definition) is 4. The number of hydrogen-bond donors (Lipinski definition) is 2. The van der Waals surface area contributed by atoms with Crippen molar-refractivity contribution in [2.45, 2.75) is 12.8 Å². The number of rotatable bonds is 5. The van der Waals surface area contributed by atoms with E-state index in [1.165, 1.54) is 0 Å². The number of nitrogens with zero attached hydrogens (tertiary/aromatic N) is 1. The summed E-state index contributed by atoms with van der Waals surface area (Å²) < 4.78 is 5.68. The Balaban J connectivity index is 1.40. The molecule has 2 aliphatic rings. The van der Waals surface area contributed by atoms with Crippen molar-refractivity contribution in [3.05, 3.63) is 28.8 Å². The number of halogens is 1. The Morgan fingerprint density at radius 1 is 1.39 bits per heavy atom. The maximum Gasteiger partial charge on any atom is 0.226 e. The zero-order valence-corrected chi connectivity index (χ0v) is 14.1. The van der Waals surface area contributed by atoms with Crippen molar-refractivity contribution in [3.8, 4) is 5.75 Å². The van der Waals surface area contributed by atoms with Crippen LogP contribution in [0, 0.1) is 5.92 Å². The molecule has 0 radical (unpaired) electrons. The summed E-state index contributed by atoms with van der Waals surface area (Å²) in [6, 6.07) is 5.58. The third-order valence-electron chi connectivity index (χ3n) is 4.46. The molecule has 6 heteroatoms. The van der Waals surface area contributed by atoms with Crippen LogP contribution >= 0.6 is 11.6 Å². The summed E-state index contributed by atoms with van der Waals surface area (Å²) in [5, 5.41) is 7.07. The number of nitrogens with one attached hydrogen (secondary N) is 2. The molecular formula is C17H24ClN3O2. The second-order valence-electron chi connectivity index (χ2n) is 6.20. The minimum atomic E-state index is -0.125. The van der Waals surface area contributed by atoms with Gasteiger partial charge in [0.15, 0.2) is 0 Å². The smallest absolute Gasteiger partial charge is 0.226 e. The fourth-order valence-electron chi connectivity index (χ4n) is 3.12. The molecule has 0 spiro atoms. The average molecular weight is 338 g/mol. The van der Waals surface area contributed by atoms with E-state index in [1.54, 1.807) is 0 Å². The Kier molecular flexibility index (Phi) is 5.75. The highest BCUT2D eigenvalue weighted by molar-refractivity contribution is 6.30. The summed E-state index contributed by atoms with van der Waals surface area (Å²) in [6.07, 6.45) is 1.68. The first-order valence-electron chi connectivity index (χ1n) is 8.34. The lowest BCUT2D eigenvalue weighted by Crippen LogP contribution is -2.44. The third kappa shape index (κ3) is 4.59. The molecule has 1 aromatic carbocycles. The molecule has 23 heavy (non-hydrogen) atoms. The van der Waals surface area contributed by atoms with E-state index in [4.69, 9.17) is 16.3 Å². The van der Waals surface area contributed by atoms with E-state index in [1.807, 2.05) is 18.2 Å². The van der Waals surface area contributed by atoms with Gasteiger partial charge in [-0.2, -0.15) is 0 Å². The van der Waals surface area contributed by atoms with Crippen LogP contribution in [0.25, 0.3) is 0 Å². The molecule has 1 atom stereocenters. The fraction of sp³-hybridized carbons (Fsp3) is 0.588. The van der Waals surface area contributed by atoms with Crippen molar-refractivity contribution < 1.29 is 9.53 Å². The van der Waals surface area contributed by atoms with Crippen LogP contribution in [0.3, 0.4) is 0 Å². The maximum atomic E-state index is 12.3. The number of amides is 1. The molecule has 0 saturated carbocycles. The van der Waals surface area contributed by atoms with Gasteiger partial charge in [-0.15, -0.1) is 0 Å². The first-order valence-corrected chi connectivity index (χ1v) is 8.72.